The van der Waals surface area contributed by atoms with Crippen LogP contribution < -0.4 is 10.6 Å². The maximum Gasteiger partial charge on any atom is 0.251 e. The quantitative estimate of drug-likeness (QED) is 0.754. The molecule has 1 aromatic carbocycles. The van der Waals surface area contributed by atoms with Gasteiger partial charge in [0.1, 0.15) is 5.60 Å². The fraction of sp³-hybridized carbons (Fsp3) is 0.533. The van der Waals surface area contributed by atoms with E-state index in [1.807, 2.05) is 25.1 Å². The molecule has 1 amide bonds. The normalized spacial score (nSPS) is 28.4. The van der Waals surface area contributed by atoms with E-state index in [0.29, 0.717) is 18.6 Å². The fourth-order valence-electron chi connectivity index (χ4n) is 2.77. The largest absolute Gasteiger partial charge is 0.385 e. The van der Waals surface area contributed by atoms with Crippen LogP contribution >= 0.6 is 0 Å². The van der Waals surface area contributed by atoms with Crippen molar-refractivity contribution in [3.63, 3.8) is 0 Å². The summed E-state index contributed by atoms with van der Waals surface area (Å²) in [6.07, 6.45) is 0.315. The first-order valence-electron chi connectivity index (χ1n) is 7.03. The Morgan fingerprint density at radius 3 is 3.05 bits per heavy atom. The van der Waals surface area contributed by atoms with Crippen LogP contribution in [-0.2, 0) is 17.8 Å². The summed E-state index contributed by atoms with van der Waals surface area (Å²) in [6, 6.07) is 5.74. The highest BCUT2D eigenvalue weighted by Gasteiger charge is 2.39. The third kappa shape index (κ3) is 2.44. The predicted octanol–water partition coefficient (Wildman–Crippen LogP) is 0.559. The molecule has 2 atom stereocenters. The van der Waals surface area contributed by atoms with Gasteiger partial charge in [0.15, 0.2) is 0 Å². The number of carbonyl (C=O) groups is 1. The van der Waals surface area contributed by atoms with Crippen LogP contribution in [0.4, 0.5) is 0 Å². The van der Waals surface area contributed by atoms with Gasteiger partial charge in [-0.15, -0.1) is 0 Å². The summed E-state index contributed by atoms with van der Waals surface area (Å²) in [5.74, 6) is -0.146. The highest BCUT2D eigenvalue weighted by Crippen LogP contribution is 2.25. The predicted molar refractivity (Wildman–Crippen MR) is 74.3 cm³/mol. The molecule has 1 aromatic rings. The van der Waals surface area contributed by atoms with Gasteiger partial charge in [0, 0.05) is 38.2 Å². The zero-order chi connectivity index (χ0) is 14.2. The smallest absolute Gasteiger partial charge is 0.251 e. The Kier molecular flexibility index (Phi) is 3.50. The lowest BCUT2D eigenvalue weighted by molar-refractivity contribution is -0.0251. The van der Waals surface area contributed by atoms with Crippen LogP contribution in [0.5, 0.6) is 0 Å². The van der Waals surface area contributed by atoms with Crippen LogP contribution in [0.25, 0.3) is 0 Å². The first-order valence-corrected chi connectivity index (χ1v) is 7.03. The summed E-state index contributed by atoms with van der Waals surface area (Å²) in [7, 11) is 0. The van der Waals surface area contributed by atoms with Gasteiger partial charge >= 0.3 is 0 Å². The Hall–Kier alpha value is -1.43. The highest BCUT2D eigenvalue weighted by atomic mass is 16.5. The monoisotopic (exact) mass is 276 g/mol. The average molecular weight is 276 g/mol. The number of hydrogen-bond acceptors (Lipinski definition) is 4. The van der Waals surface area contributed by atoms with Crippen molar-refractivity contribution in [1.82, 2.24) is 10.6 Å². The molecule has 1 saturated heterocycles. The van der Waals surface area contributed by atoms with Crippen molar-refractivity contribution in [2.45, 2.75) is 38.1 Å². The molecular weight excluding hydrogens is 256 g/mol. The summed E-state index contributed by atoms with van der Waals surface area (Å²) >= 11 is 0. The van der Waals surface area contributed by atoms with Crippen molar-refractivity contribution in [3.05, 3.63) is 34.9 Å². The van der Waals surface area contributed by atoms with Gasteiger partial charge < -0.3 is 20.5 Å². The second kappa shape index (κ2) is 5.16. The molecule has 0 aromatic heterocycles. The van der Waals surface area contributed by atoms with Gasteiger partial charge in [-0.2, -0.15) is 0 Å². The molecule has 20 heavy (non-hydrogen) atoms. The van der Waals surface area contributed by atoms with Crippen molar-refractivity contribution >= 4 is 5.91 Å². The van der Waals surface area contributed by atoms with Crippen molar-refractivity contribution in [3.8, 4) is 0 Å². The average Bonchev–Trinajstić information content (AvgIpc) is 3.03. The van der Waals surface area contributed by atoms with Crippen LogP contribution in [0.1, 0.15) is 34.8 Å². The maximum absolute atomic E-state index is 12.2. The number of benzene rings is 1. The molecule has 0 bridgehead atoms. The van der Waals surface area contributed by atoms with E-state index in [2.05, 4.69) is 10.6 Å². The van der Waals surface area contributed by atoms with Crippen LogP contribution in [0.2, 0.25) is 0 Å². The van der Waals surface area contributed by atoms with E-state index in [4.69, 9.17) is 4.74 Å². The van der Waals surface area contributed by atoms with Gasteiger partial charge in [0.05, 0.1) is 6.10 Å². The van der Waals surface area contributed by atoms with Gasteiger partial charge in [-0.3, -0.25) is 4.79 Å². The second-order valence-electron chi connectivity index (χ2n) is 5.64. The minimum absolute atomic E-state index is 0.146. The zero-order valence-corrected chi connectivity index (χ0v) is 11.6. The highest BCUT2D eigenvalue weighted by molar-refractivity contribution is 5.94. The lowest BCUT2D eigenvalue weighted by Gasteiger charge is -2.26. The van der Waals surface area contributed by atoms with E-state index in [1.165, 1.54) is 11.1 Å². The SMILES string of the molecule is CC1OCCC1(O)CNC(=O)c1ccc2c(c1)CNC2. The van der Waals surface area contributed by atoms with Crippen molar-refractivity contribution in [1.29, 1.82) is 0 Å². The van der Waals surface area contributed by atoms with E-state index in [0.717, 1.165) is 13.1 Å². The minimum Gasteiger partial charge on any atom is -0.385 e. The van der Waals surface area contributed by atoms with Crippen LogP contribution in [0, 0.1) is 0 Å². The first kappa shape index (κ1) is 13.5. The molecule has 5 heteroatoms. The zero-order valence-electron chi connectivity index (χ0n) is 11.6. The summed E-state index contributed by atoms with van der Waals surface area (Å²) in [4.78, 5) is 12.2. The van der Waals surface area contributed by atoms with Crippen molar-refractivity contribution < 1.29 is 14.6 Å². The Morgan fingerprint density at radius 2 is 2.30 bits per heavy atom. The Labute approximate surface area is 118 Å². The standard InChI is InChI=1S/C15H20N2O3/c1-10-15(19,4-5-20-10)9-17-14(18)11-2-3-12-7-16-8-13(12)6-11/h2-3,6,10,16,19H,4-5,7-9H2,1H3,(H,17,18). The molecule has 0 saturated carbocycles. The Bertz CT molecular complexity index is 532. The number of carbonyl (C=O) groups excluding carboxylic acids is 1. The summed E-state index contributed by atoms with van der Waals surface area (Å²) < 4.78 is 5.36. The third-order valence-corrected chi connectivity index (χ3v) is 4.31. The number of aliphatic hydroxyl groups is 1. The van der Waals surface area contributed by atoms with Crippen LogP contribution in [0.15, 0.2) is 18.2 Å². The number of amides is 1. The van der Waals surface area contributed by atoms with E-state index in [-0.39, 0.29) is 18.6 Å². The number of nitrogens with one attached hydrogen (secondary N) is 2. The van der Waals surface area contributed by atoms with Crippen molar-refractivity contribution in [2.75, 3.05) is 13.2 Å². The van der Waals surface area contributed by atoms with Gasteiger partial charge in [0.25, 0.3) is 5.91 Å². The third-order valence-electron chi connectivity index (χ3n) is 4.31. The number of ether oxygens (including phenoxy) is 1. The Balaban J connectivity index is 1.65. The summed E-state index contributed by atoms with van der Waals surface area (Å²) in [5, 5.41) is 16.4. The van der Waals surface area contributed by atoms with Crippen LogP contribution in [0.3, 0.4) is 0 Å². The van der Waals surface area contributed by atoms with E-state index < -0.39 is 5.60 Å². The molecule has 2 aliphatic heterocycles. The molecule has 2 aliphatic rings. The fourth-order valence-corrected chi connectivity index (χ4v) is 2.77. The number of rotatable bonds is 3. The molecule has 3 N–H and O–H groups in total. The summed E-state index contributed by atoms with van der Waals surface area (Å²) in [6.45, 7) is 4.28. The molecule has 2 heterocycles. The van der Waals surface area contributed by atoms with Crippen molar-refractivity contribution in [2.24, 2.45) is 0 Å². The number of fused-ring (bicyclic) bond motifs is 1. The molecule has 0 aliphatic carbocycles. The summed E-state index contributed by atoms with van der Waals surface area (Å²) in [5.41, 5.74) is 2.11. The molecule has 3 rings (SSSR count). The minimum atomic E-state index is -0.950. The van der Waals surface area contributed by atoms with Gasteiger partial charge in [-0.25, -0.2) is 0 Å². The molecule has 0 spiro atoms. The first-order chi connectivity index (χ1) is 9.58. The van der Waals surface area contributed by atoms with E-state index in [1.54, 1.807) is 0 Å². The molecule has 5 nitrogen and oxygen atoms in total. The molecule has 0 radical (unpaired) electrons. The number of hydrogen-bond donors (Lipinski definition) is 3. The Morgan fingerprint density at radius 1 is 1.50 bits per heavy atom. The lowest BCUT2D eigenvalue weighted by Crippen LogP contribution is -2.47. The second-order valence-corrected chi connectivity index (χ2v) is 5.64. The van der Waals surface area contributed by atoms with E-state index in [9.17, 15) is 9.90 Å². The maximum atomic E-state index is 12.2. The molecular formula is C15H20N2O3. The lowest BCUT2D eigenvalue weighted by atomic mass is 9.96. The van der Waals surface area contributed by atoms with Gasteiger partial charge in [-0.05, 0) is 30.2 Å². The van der Waals surface area contributed by atoms with Gasteiger partial charge in [-0.1, -0.05) is 6.07 Å². The van der Waals surface area contributed by atoms with E-state index >= 15 is 0 Å². The van der Waals surface area contributed by atoms with Crippen LogP contribution in [-0.4, -0.2) is 35.9 Å². The molecule has 1 fully saturated rings. The molecule has 2 unspecified atom stereocenters. The topological polar surface area (TPSA) is 70.6 Å². The van der Waals surface area contributed by atoms with Gasteiger partial charge in [0.2, 0.25) is 0 Å². The molecule has 108 valence electrons.